The minimum Gasteiger partial charge on any atom is -0.379 e. The van der Waals surface area contributed by atoms with Crippen molar-refractivity contribution in [3.05, 3.63) is 109 Å². The van der Waals surface area contributed by atoms with E-state index in [9.17, 15) is 21.6 Å². The van der Waals surface area contributed by atoms with Crippen LogP contribution in [0.15, 0.2) is 113 Å². The molecule has 0 aliphatic rings. The Hall–Kier alpha value is -4.35. The van der Waals surface area contributed by atoms with Gasteiger partial charge in [0, 0.05) is 11.4 Å². The minimum atomic E-state index is -3.99. The summed E-state index contributed by atoms with van der Waals surface area (Å²) in [4.78, 5) is 12.4. The number of carbonyl (C=O) groups excluding carboxylic acids is 1. The van der Waals surface area contributed by atoms with Gasteiger partial charge in [0.15, 0.2) is 0 Å². The molecule has 0 aliphatic heterocycles. The summed E-state index contributed by atoms with van der Waals surface area (Å²) < 4.78 is 59.9. The van der Waals surface area contributed by atoms with Crippen molar-refractivity contribution in [3.8, 4) is 11.5 Å². The fourth-order valence-electron chi connectivity index (χ4n) is 3.31. The van der Waals surface area contributed by atoms with E-state index in [0.29, 0.717) is 11.4 Å². The molecule has 11 heteroatoms. The Balaban J connectivity index is 1.32. The van der Waals surface area contributed by atoms with E-state index in [2.05, 4.69) is 10.6 Å². The van der Waals surface area contributed by atoms with Crippen molar-refractivity contribution >= 4 is 37.6 Å². The van der Waals surface area contributed by atoms with Crippen LogP contribution in [0.5, 0.6) is 11.5 Å². The van der Waals surface area contributed by atoms with E-state index < -0.39 is 26.3 Å². The Morgan fingerprint density at radius 3 is 1.45 bits per heavy atom. The standard InChI is InChI=1S/C27H24N2O7S2/c1-2-20-8-18-26(19-9-20)38(33,34)36-24-16-12-22(13-17-24)29-27(30)28-21-10-14-23(15-11-21)35-37(31,32)25-6-4-3-5-7-25/h3-19H,2H2,1H3,(H2,28,29,30). The van der Waals surface area contributed by atoms with E-state index >= 15 is 0 Å². The zero-order valence-corrected chi connectivity index (χ0v) is 21.8. The second-order valence-corrected chi connectivity index (χ2v) is 11.1. The number of aryl methyl sites for hydroxylation is 1. The zero-order valence-electron chi connectivity index (χ0n) is 20.2. The molecule has 4 aromatic carbocycles. The number of urea groups is 1. The Bertz CT molecular complexity index is 1600. The van der Waals surface area contributed by atoms with Crippen molar-refractivity contribution in [2.75, 3.05) is 10.6 Å². The third kappa shape index (κ3) is 6.90. The number of rotatable bonds is 9. The van der Waals surface area contributed by atoms with Gasteiger partial charge < -0.3 is 19.0 Å². The molecule has 0 aromatic heterocycles. The van der Waals surface area contributed by atoms with Crippen molar-refractivity contribution in [3.63, 3.8) is 0 Å². The number of carbonyl (C=O) groups is 1. The third-order valence-electron chi connectivity index (χ3n) is 5.29. The van der Waals surface area contributed by atoms with Gasteiger partial charge in [0.1, 0.15) is 21.3 Å². The SMILES string of the molecule is CCc1ccc(S(=O)(=O)Oc2ccc(NC(=O)Nc3ccc(OS(=O)(=O)c4ccccc4)cc3)cc2)cc1. The predicted octanol–water partition coefficient (Wildman–Crippen LogP) is 5.43. The second kappa shape index (κ2) is 11.4. The van der Waals surface area contributed by atoms with Gasteiger partial charge in [-0.05, 0) is 84.8 Å². The lowest BCUT2D eigenvalue weighted by Gasteiger charge is -2.11. The maximum absolute atomic E-state index is 12.5. The molecule has 0 fully saturated rings. The first-order valence-corrected chi connectivity index (χ1v) is 14.3. The van der Waals surface area contributed by atoms with E-state index in [-0.39, 0.29) is 21.3 Å². The van der Waals surface area contributed by atoms with Gasteiger partial charge in [-0.25, -0.2) is 4.79 Å². The average Bonchev–Trinajstić information content (AvgIpc) is 2.91. The van der Waals surface area contributed by atoms with E-state index in [1.165, 1.54) is 72.8 Å². The lowest BCUT2D eigenvalue weighted by atomic mass is 10.2. The highest BCUT2D eigenvalue weighted by Crippen LogP contribution is 2.23. The van der Waals surface area contributed by atoms with Crippen LogP contribution in [0, 0.1) is 0 Å². The van der Waals surface area contributed by atoms with Crippen LogP contribution in [0.25, 0.3) is 0 Å². The lowest BCUT2D eigenvalue weighted by Crippen LogP contribution is -2.19. The predicted molar refractivity (Wildman–Crippen MR) is 143 cm³/mol. The molecule has 0 saturated carbocycles. The maximum atomic E-state index is 12.5. The van der Waals surface area contributed by atoms with Crippen LogP contribution in [-0.4, -0.2) is 22.9 Å². The Kier molecular flexibility index (Phi) is 7.99. The molecule has 0 bridgehead atoms. The summed E-state index contributed by atoms with van der Waals surface area (Å²) in [6.07, 6.45) is 0.794. The summed E-state index contributed by atoms with van der Waals surface area (Å²) in [5.41, 5.74) is 1.80. The van der Waals surface area contributed by atoms with Gasteiger partial charge >= 0.3 is 26.3 Å². The second-order valence-electron chi connectivity index (χ2n) is 8.01. The summed E-state index contributed by atoms with van der Waals surface area (Å²) in [6, 6.07) is 25.3. The lowest BCUT2D eigenvalue weighted by molar-refractivity contribution is 0.262. The van der Waals surface area contributed by atoms with Crippen LogP contribution >= 0.6 is 0 Å². The molecule has 0 aliphatic carbocycles. The van der Waals surface area contributed by atoms with Gasteiger partial charge in [0.2, 0.25) is 0 Å². The highest BCUT2D eigenvalue weighted by molar-refractivity contribution is 7.87. The molecular formula is C27H24N2O7S2. The van der Waals surface area contributed by atoms with Gasteiger partial charge in [-0.3, -0.25) is 0 Å². The Morgan fingerprint density at radius 2 is 1.03 bits per heavy atom. The number of hydrogen-bond acceptors (Lipinski definition) is 7. The van der Waals surface area contributed by atoms with Crippen molar-refractivity contribution in [2.24, 2.45) is 0 Å². The highest BCUT2D eigenvalue weighted by atomic mass is 32.2. The van der Waals surface area contributed by atoms with Crippen molar-refractivity contribution in [1.82, 2.24) is 0 Å². The molecule has 0 spiro atoms. The quantitative estimate of drug-likeness (QED) is 0.265. The summed E-state index contributed by atoms with van der Waals surface area (Å²) in [7, 11) is -7.96. The van der Waals surface area contributed by atoms with Gasteiger partial charge in [-0.15, -0.1) is 0 Å². The topological polar surface area (TPSA) is 128 Å². The Morgan fingerprint density at radius 1 is 0.605 bits per heavy atom. The number of benzene rings is 4. The molecule has 0 atom stereocenters. The molecule has 0 radical (unpaired) electrons. The van der Waals surface area contributed by atoms with Crippen LogP contribution < -0.4 is 19.0 Å². The molecule has 2 N–H and O–H groups in total. The first-order chi connectivity index (χ1) is 18.1. The number of hydrogen-bond donors (Lipinski definition) is 2. The monoisotopic (exact) mass is 552 g/mol. The molecule has 4 rings (SSSR count). The van der Waals surface area contributed by atoms with Crippen molar-refractivity contribution in [1.29, 1.82) is 0 Å². The molecule has 2 amide bonds. The first-order valence-electron chi connectivity index (χ1n) is 11.5. The smallest absolute Gasteiger partial charge is 0.339 e. The summed E-state index contributed by atoms with van der Waals surface area (Å²) in [5.74, 6) is 0.184. The van der Waals surface area contributed by atoms with Gasteiger partial charge in [0.25, 0.3) is 0 Å². The van der Waals surface area contributed by atoms with Crippen molar-refractivity contribution < 1.29 is 30.0 Å². The molecule has 0 heterocycles. The fraction of sp³-hybridized carbons (Fsp3) is 0.0741. The van der Waals surface area contributed by atoms with Gasteiger partial charge in [-0.1, -0.05) is 37.3 Å². The van der Waals surface area contributed by atoms with Crippen LogP contribution in [0.4, 0.5) is 16.2 Å². The minimum absolute atomic E-state index is 0.0289. The van der Waals surface area contributed by atoms with Crippen LogP contribution in [0.1, 0.15) is 12.5 Å². The normalized spacial score (nSPS) is 11.4. The van der Waals surface area contributed by atoms with Crippen LogP contribution in [0.2, 0.25) is 0 Å². The Labute approximate surface area is 221 Å². The number of anilines is 2. The number of nitrogens with one attached hydrogen (secondary N) is 2. The van der Waals surface area contributed by atoms with Crippen molar-refractivity contribution in [2.45, 2.75) is 23.1 Å². The maximum Gasteiger partial charge on any atom is 0.339 e. The molecule has 9 nitrogen and oxygen atoms in total. The molecule has 4 aromatic rings. The fourth-order valence-corrected chi connectivity index (χ4v) is 5.19. The summed E-state index contributed by atoms with van der Waals surface area (Å²) in [6.45, 7) is 1.98. The largest absolute Gasteiger partial charge is 0.379 e. The van der Waals surface area contributed by atoms with Crippen LogP contribution in [0.3, 0.4) is 0 Å². The van der Waals surface area contributed by atoms with Gasteiger partial charge in [-0.2, -0.15) is 16.8 Å². The molecular weight excluding hydrogens is 528 g/mol. The van der Waals surface area contributed by atoms with E-state index in [1.807, 2.05) is 6.92 Å². The third-order valence-corrected chi connectivity index (χ3v) is 7.81. The first kappa shape index (κ1) is 26.7. The summed E-state index contributed by atoms with van der Waals surface area (Å²) >= 11 is 0. The number of amides is 2. The summed E-state index contributed by atoms with van der Waals surface area (Å²) in [5, 5.41) is 5.23. The van der Waals surface area contributed by atoms with E-state index in [0.717, 1.165) is 12.0 Å². The molecule has 0 saturated heterocycles. The van der Waals surface area contributed by atoms with E-state index in [1.54, 1.807) is 30.3 Å². The van der Waals surface area contributed by atoms with E-state index in [4.69, 9.17) is 8.37 Å². The van der Waals surface area contributed by atoms with Crippen LogP contribution in [-0.2, 0) is 26.7 Å². The highest BCUT2D eigenvalue weighted by Gasteiger charge is 2.17. The van der Waals surface area contributed by atoms with Gasteiger partial charge in [0.05, 0.1) is 0 Å². The molecule has 196 valence electrons. The molecule has 0 unspecified atom stereocenters. The zero-order chi connectivity index (χ0) is 27.2. The average molecular weight is 553 g/mol. The molecule has 38 heavy (non-hydrogen) atoms.